The van der Waals surface area contributed by atoms with E-state index in [9.17, 15) is 9.18 Å². The Bertz CT molecular complexity index is 1100. The third-order valence-electron chi connectivity index (χ3n) is 5.01. The van der Waals surface area contributed by atoms with E-state index in [-0.39, 0.29) is 18.5 Å². The highest BCUT2D eigenvalue weighted by Crippen LogP contribution is 2.29. The lowest BCUT2D eigenvalue weighted by Crippen LogP contribution is -2.26. The minimum absolute atomic E-state index is 0.144. The van der Waals surface area contributed by atoms with Gasteiger partial charge in [-0.1, -0.05) is 11.6 Å². The monoisotopic (exact) mass is 429 g/mol. The Hall–Kier alpha value is -2.90. The number of fused-ring (bicyclic) bond motifs is 1. The van der Waals surface area contributed by atoms with Crippen LogP contribution in [0.15, 0.2) is 36.4 Å². The molecule has 0 saturated carbocycles. The van der Waals surface area contributed by atoms with Gasteiger partial charge in [0.1, 0.15) is 11.6 Å². The minimum Gasteiger partial charge on any atom is -0.467 e. The van der Waals surface area contributed by atoms with Gasteiger partial charge in [0.2, 0.25) is 0 Å². The summed E-state index contributed by atoms with van der Waals surface area (Å²) in [5.74, 6) is 0.0938. The van der Waals surface area contributed by atoms with E-state index in [1.165, 1.54) is 12.1 Å². The van der Waals surface area contributed by atoms with Crippen LogP contribution in [0.1, 0.15) is 32.9 Å². The van der Waals surface area contributed by atoms with Crippen LogP contribution in [-0.2, 0) is 17.8 Å². The van der Waals surface area contributed by atoms with Gasteiger partial charge in [-0.2, -0.15) is 5.10 Å². The van der Waals surface area contributed by atoms with Crippen LogP contribution in [0.25, 0.3) is 5.69 Å². The van der Waals surface area contributed by atoms with E-state index < -0.39 is 0 Å². The van der Waals surface area contributed by atoms with Gasteiger partial charge in [0.05, 0.1) is 28.7 Å². The Morgan fingerprint density at radius 2 is 2.03 bits per heavy atom. The fraction of sp³-hybridized carbons (Fsp3) is 0.273. The average molecular weight is 430 g/mol. The van der Waals surface area contributed by atoms with Crippen LogP contribution in [-0.4, -0.2) is 29.0 Å². The van der Waals surface area contributed by atoms with E-state index in [0.29, 0.717) is 47.0 Å². The van der Waals surface area contributed by atoms with Gasteiger partial charge in [-0.3, -0.25) is 4.79 Å². The van der Waals surface area contributed by atoms with Crippen LogP contribution in [0.2, 0.25) is 5.02 Å². The van der Waals surface area contributed by atoms with E-state index >= 15 is 0 Å². The van der Waals surface area contributed by atoms with Crippen molar-refractivity contribution in [2.24, 2.45) is 0 Å². The van der Waals surface area contributed by atoms with Gasteiger partial charge >= 0.3 is 0 Å². The molecule has 6 nitrogen and oxygen atoms in total. The minimum atomic E-state index is -0.343. The number of aryl methyl sites for hydroxylation is 1. The van der Waals surface area contributed by atoms with Gasteiger partial charge in [0, 0.05) is 17.7 Å². The number of carbonyl (C=O) groups is 1. The maximum Gasteiger partial charge on any atom is 0.251 e. The van der Waals surface area contributed by atoms with Gasteiger partial charge in [0.25, 0.3) is 5.91 Å². The molecule has 30 heavy (non-hydrogen) atoms. The summed E-state index contributed by atoms with van der Waals surface area (Å²) >= 11 is 6.20. The fourth-order valence-electron chi connectivity index (χ4n) is 3.48. The molecule has 0 fully saturated rings. The lowest BCUT2D eigenvalue weighted by molar-refractivity contribution is -0.0172. The molecule has 0 aliphatic carbocycles. The number of carbonyl (C=O) groups excluding carboxylic acids is 1. The molecule has 1 aliphatic heterocycles. The van der Waals surface area contributed by atoms with E-state index in [4.69, 9.17) is 21.1 Å². The first-order chi connectivity index (χ1) is 14.4. The Kier molecular flexibility index (Phi) is 5.74. The molecule has 0 bridgehead atoms. The smallest absolute Gasteiger partial charge is 0.251 e. The summed E-state index contributed by atoms with van der Waals surface area (Å²) in [6.45, 7) is 4.56. The van der Waals surface area contributed by atoms with Crippen molar-refractivity contribution in [3.63, 3.8) is 0 Å². The van der Waals surface area contributed by atoms with Crippen molar-refractivity contribution >= 4 is 17.5 Å². The number of hydrogen-bond acceptors (Lipinski definition) is 4. The molecule has 8 heteroatoms. The Morgan fingerprint density at radius 3 is 2.73 bits per heavy atom. The number of rotatable bonds is 5. The van der Waals surface area contributed by atoms with Crippen LogP contribution in [0.5, 0.6) is 5.75 Å². The molecule has 0 unspecified atom stereocenters. The average Bonchev–Trinajstić information content (AvgIpc) is 3.01. The number of amides is 1. The standard InChI is InChI=1S/C22H21ClFN3O3/c1-13-20(23)14(2)27(26-13)19-5-3-15(4-6-19)22(28)25-8-7-16-9-18(24)10-17-11-29-12-30-21(16)17/h3-6,9-10H,7-8,11-12H2,1-2H3,(H,25,28). The van der Waals surface area contributed by atoms with Crippen LogP contribution in [0.4, 0.5) is 4.39 Å². The van der Waals surface area contributed by atoms with E-state index in [2.05, 4.69) is 10.4 Å². The zero-order valence-corrected chi connectivity index (χ0v) is 17.4. The van der Waals surface area contributed by atoms with Crippen molar-refractivity contribution in [2.75, 3.05) is 13.3 Å². The second-order valence-corrected chi connectivity index (χ2v) is 7.49. The van der Waals surface area contributed by atoms with E-state index in [1.54, 1.807) is 16.8 Å². The summed E-state index contributed by atoms with van der Waals surface area (Å²) in [5, 5.41) is 7.91. The summed E-state index contributed by atoms with van der Waals surface area (Å²) in [6.07, 6.45) is 0.453. The number of hydrogen-bond donors (Lipinski definition) is 1. The largest absolute Gasteiger partial charge is 0.467 e. The molecule has 1 aliphatic rings. The molecule has 0 spiro atoms. The SMILES string of the molecule is Cc1nn(-c2ccc(C(=O)NCCc3cc(F)cc4c3OCOC4)cc2)c(C)c1Cl. The lowest BCUT2D eigenvalue weighted by atomic mass is 10.1. The first-order valence-corrected chi connectivity index (χ1v) is 9.94. The van der Waals surface area contributed by atoms with Crippen LogP contribution >= 0.6 is 11.6 Å². The van der Waals surface area contributed by atoms with Crippen molar-refractivity contribution < 1.29 is 18.7 Å². The normalized spacial score (nSPS) is 12.9. The molecule has 1 aromatic heterocycles. The first-order valence-electron chi connectivity index (χ1n) is 9.56. The zero-order valence-electron chi connectivity index (χ0n) is 16.7. The molecule has 4 rings (SSSR count). The fourth-order valence-corrected chi connectivity index (χ4v) is 3.60. The summed E-state index contributed by atoms with van der Waals surface area (Å²) in [7, 11) is 0. The molecule has 1 N–H and O–H groups in total. The van der Waals surface area contributed by atoms with Gasteiger partial charge in [0.15, 0.2) is 6.79 Å². The Morgan fingerprint density at radius 1 is 1.27 bits per heavy atom. The third kappa shape index (κ3) is 4.04. The molecule has 0 radical (unpaired) electrons. The molecule has 0 atom stereocenters. The molecule has 1 amide bonds. The lowest BCUT2D eigenvalue weighted by Gasteiger charge is -2.21. The second kappa shape index (κ2) is 8.45. The van der Waals surface area contributed by atoms with Crippen LogP contribution in [0.3, 0.4) is 0 Å². The van der Waals surface area contributed by atoms with Crippen molar-refractivity contribution in [1.82, 2.24) is 15.1 Å². The number of benzene rings is 2. The molecule has 2 aromatic carbocycles. The summed E-state index contributed by atoms with van der Waals surface area (Å²) < 4.78 is 26.3. The van der Waals surface area contributed by atoms with Gasteiger partial charge in [-0.05, 0) is 62.2 Å². The summed E-state index contributed by atoms with van der Waals surface area (Å²) in [6, 6.07) is 9.96. The molecule has 0 saturated heterocycles. The topological polar surface area (TPSA) is 65.4 Å². The summed E-state index contributed by atoms with van der Waals surface area (Å²) in [4.78, 5) is 12.5. The van der Waals surface area contributed by atoms with Gasteiger partial charge < -0.3 is 14.8 Å². The second-order valence-electron chi connectivity index (χ2n) is 7.11. The van der Waals surface area contributed by atoms with E-state index in [1.807, 2.05) is 26.0 Å². The Balaban J connectivity index is 1.40. The van der Waals surface area contributed by atoms with Crippen molar-refractivity contribution in [3.8, 4) is 11.4 Å². The predicted molar refractivity (Wildman–Crippen MR) is 111 cm³/mol. The molecule has 3 aromatic rings. The van der Waals surface area contributed by atoms with Crippen molar-refractivity contribution in [3.05, 3.63) is 75.3 Å². The first kappa shape index (κ1) is 20.4. The number of nitrogens with zero attached hydrogens (tertiary/aromatic N) is 2. The van der Waals surface area contributed by atoms with Crippen LogP contribution in [0, 0.1) is 19.7 Å². The molecule has 156 valence electrons. The molecular weight excluding hydrogens is 409 g/mol. The molecule has 2 heterocycles. The highest BCUT2D eigenvalue weighted by atomic mass is 35.5. The van der Waals surface area contributed by atoms with Crippen molar-refractivity contribution in [2.45, 2.75) is 26.9 Å². The summed E-state index contributed by atoms with van der Waals surface area (Å²) in [5.41, 5.74) is 4.35. The maximum atomic E-state index is 13.8. The zero-order chi connectivity index (χ0) is 21.3. The predicted octanol–water partition coefficient (Wildman–Crippen LogP) is 4.12. The quantitative estimate of drug-likeness (QED) is 0.662. The number of ether oxygens (including phenoxy) is 2. The molecular formula is C22H21ClFN3O3. The number of halogens is 2. The highest BCUT2D eigenvalue weighted by molar-refractivity contribution is 6.31. The maximum absolute atomic E-state index is 13.8. The Labute approximate surface area is 178 Å². The van der Waals surface area contributed by atoms with Gasteiger partial charge in [-0.25, -0.2) is 9.07 Å². The van der Waals surface area contributed by atoms with Crippen LogP contribution < -0.4 is 10.1 Å². The third-order valence-corrected chi connectivity index (χ3v) is 5.56. The van der Waals surface area contributed by atoms with E-state index in [0.717, 1.165) is 17.1 Å². The number of nitrogens with one attached hydrogen (secondary N) is 1. The number of aromatic nitrogens is 2. The highest BCUT2D eigenvalue weighted by Gasteiger charge is 2.17. The van der Waals surface area contributed by atoms with Gasteiger partial charge in [-0.15, -0.1) is 0 Å². The van der Waals surface area contributed by atoms with Crippen molar-refractivity contribution in [1.29, 1.82) is 0 Å².